The molecule has 0 aromatic carbocycles. The quantitative estimate of drug-likeness (QED) is 0.871. The Hall–Kier alpha value is -0.940. The van der Waals surface area contributed by atoms with E-state index in [0.29, 0.717) is 18.2 Å². The number of aliphatic hydroxyl groups is 1. The first kappa shape index (κ1) is 17.4. The zero-order valence-corrected chi connectivity index (χ0v) is 14.6. The maximum Gasteiger partial charge on any atom is 0.289 e. The molecule has 1 saturated heterocycles. The topological polar surface area (TPSA) is 53.7 Å². The van der Waals surface area contributed by atoms with E-state index in [1.807, 2.05) is 17.2 Å². The molecule has 0 aliphatic carbocycles. The van der Waals surface area contributed by atoms with Crippen LogP contribution in [0.4, 0.5) is 0 Å². The third kappa shape index (κ3) is 4.07. The molecular weight excluding hydrogens is 298 g/mol. The lowest BCUT2D eigenvalue weighted by atomic mass is 9.74. The minimum absolute atomic E-state index is 0.0476. The molecule has 1 aromatic heterocycles. The molecule has 1 aliphatic rings. The summed E-state index contributed by atoms with van der Waals surface area (Å²) >= 11 is 1.67. The minimum Gasteiger partial charge on any atom is -0.455 e. The van der Waals surface area contributed by atoms with Crippen LogP contribution in [0, 0.1) is 11.3 Å². The second-order valence-electron chi connectivity index (χ2n) is 6.79. The highest BCUT2D eigenvalue weighted by Crippen LogP contribution is 2.36. The Balaban J connectivity index is 2.08. The van der Waals surface area contributed by atoms with Crippen molar-refractivity contribution in [2.75, 3.05) is 26.0 Å². The highest BCUT2D eigenvalue weighted by atomic mass is 32.2. The summed E-state index contributed by atoms with van der Waals surface area (Å²) in [5, 5.41) is 9.87. The molecule has 0 radical (unpaired) electrons. The van der Waals surface area contributed by atoms with Crippen LogP contribution in [-0.2, 0) is 5.75 Å². The Morgan fingerprint density at radius 2 is 2.27 bits per heavy atom. The van der Waals surface area contributed by atoms with Crippen LogP contribution >= 0.6 is 11.8 Å². The van der Waals surface area contributed by atoms with Gasteiger partial charge in [-0.25, -0.2) is 0 Å². The van der Waals surface area contributed by atoms with Crippen LogP contribution < -0.4 is 0 Å². The molecule has 1 fully saturated rings. The number of piperidine rings is 1. The van der Waals surface area contributed by atoms with Crippen molar-refractivity contribution in [2.45, 2.75) is 38.9 Å². The second-order valence-corrected chi connectivity index (χ2v) is 7.65. The molecule has 5 heteroatoms. The van der Waals surface area contributed by atoms with Crippen LogP contribution in [0.1, 0.15) is 49.4 Å². The monoisotopic (exact) mass is 325 g/mol. The van der Waals surface area contributed by atoms with Crippen molar-refractivity contribution < 1.29 is 14.3 Å². The van der Waals surface area contributed by atoms with Gasteiger partial charge in [0, 0.05) is 18.5 Å². The number of nitrogens with zero attached hydrogens (tertiary/aromatic N) is 1. The second kappa shape index (κ2) is 7.55. The first-order chi connectivity index (χ1) is 10.5. The highest BCUT2D eigenvalue weighted by molar-refractivity contribution is 7.97. The lowest BCUT2D eigenvalue weighted by Gasteiger charge is -2.42. The predicted molar refractivity (Wildman–Crippen MR) is 90.0 cm³/mol. The Kier molecular flexibility index (Phi) is 5.98. The van der Waals surface area contributed by atoms with Gasteiger partial charge < -0.3 is 14.4 Å². The Bertz CT molecular complexity index is 500. The number of likely N-dealkylation sites (tertiary alicyclic amines) is 1. The number of aliphatic hydroxyl groups excluding tert-OH is 1. The molecule has 2 rings (SSSR count). The van der Waals surface area contributed by atoms with E-state index in [4.69, 9.17) is 4.42 Å². The normalized spacial score (nSPS) is 22.3. The van der Waals surface area contributed by atoms with Crippen LogP contribution in [0.15, 0.2) is 16.5 Å². The molecule has 1 aromatic rings. The predicted octanol–water partition coefficient (Wildman–Crippen LogP) is 3.40. The van der Waals surface area contributed by atoms with Gasteiger partial charge in [0.05, 0.1) is 12.4 Å². The lowest BCUT2D eigenvalue weighted by Crippen LogP contribution is -2.48. The SMILES string of the molecule is CSCc1ccc(C(=O)N2CCC[C@](CO)(CC(C)C)C2)o1. The molecule has 2 heterocycles. The maximum atomic E-state index is 12.7. The number of rotatable bonds is 6. The van der Waals surface area contributed by atoms with E-state index in [2.05, 4.69) is 13.8 Å². The summed E-state index contributed by atoms with van der Waals surface area (Å²) in [5.74, 6) is 2.50. The Morgan fingerprint density at radius 3 is 2.91 bits per heavy atom. The maximum absolute atomic E-state index is 12.7. The van der Waals surface area contributed by atoms with Gasteiger partial charge in [0.1, 0.15) is 5.76 Å². The van der Waals surface area contributed by atoms with Gasteiger partial charge in [0.15, 0.2) is 5.76 Å². The number of hydrogen-bond acceptors (Lipinski definition) is 4. The van der Waals surface area contributed by atoms with Crippen molar-refractivity contribution in [3.05, 3.63) is 23.7 Å². The Morgan fingerprint density at radius 1 is 1.50 bits per heavy atom. The largest absolute Gasteiger partial charge is 0.455 e. The molecule has 0 unspecified atom stereocenters. The number of carbonyl (C=O) groups is 1. The smallest absolute Gasteiger partial charge is 0.289 e. The number of amides is 1. The molecule has 1 atom stereocenters. The van der Waals surface area contributed by atoms with Gasteiger partial charge in [-0.2, -0.15) is 11.8 Å². The molecule has 1 aliphatic heterocycles. The van der Waals surface area contributed by atoms with Crippen LogP contribution in [0.25, 0.3) is 0 Å². The summed E-state index contributed by atoms with van der Waals surface area (Å²) in [6, 6.07) is 3.65. The number of thioether (sulfide) groups is 1. The summed E-state index contributed by atoms with van der Waals surface area (Å²) < 4.78 is 5.65. The number of hydrogen-bond donors (Lipinski definition) is 1. The first-order valence-corrected chi connectivity index (χ1v) is 9.37. The molecule has 0 spiro atoms. The molecule has 0 saturated carbocycles. The van der Waals surface area contributed by atoms with Gasteiger partial charge in [-0.1, -0.05) is 13.8 Å². The average Bonchev–Trinajstić information content (AvgIpc) is 2.95. The molecule has 1 amide bonds. The number of furan rings is 1. The van der Waals surface area contributed by atoms with Gasteiger partial charge in [0.2, 0.25) is 0 Å². The number of carbonyl (C=O) groups excluding carboxylic acids is 1. The van der Waals surface area contributed by atoms with E-state index >= 15 is 0 Å². The summed E-state index contributed by atoms with van der Waals surface area (Å²) in [6.07, 6.45) is 4.89. The van der Waals surface area contributed by atoms with Gasteiger partial charge >= 0.3 is 0 Å². The Labute approximate surface area is 137 Å². The summed E-state index contributed by atoms with van der Waals surface area (Å²) in [5.41, 5.74) is -0.156. The molecule has 0 bridgehead atoms. The summed E-state index contributed by atoms with van der Waals surface area (Å²) in [4.78, 5) is 14.5. The fraction of sp³-hybridized carbons (Fsp3) is 0.706. The van der Waals surface area contributed by atoms with Gasteiger partial charge in [-0.15, -0.1) is 0 Å². The van der Waals surface area contributed by atoms with Crippen LogP contribution in [0.3, 0.4) is 0 Å². The standard InChI is InChI=1S/C17H27NO3S/c1-13(2)9-17(12-19)7-4-8-18(11-17)16(20)15-6-5-14(21-15)10-22-3/h5-6,13,19H,4,7-12H2,1-3H3/t17-/m0/s1. The van der Waals surface area contributed by atoms with Crippen molar-refractivity contribution >= 4 is 17.7 Å². The van der Waals surface area contributed by atoms with E-state index < -0.39 is 0 Å². The average molecular weight is 325 g/mol. The zero-order chi connectivity index (χ0) is 16.2. The lowest BCUT2D eigenvalue weighted by molar-refractivity contribution is 0.0144. The molecule has 4 nitrogen and oxygen atoms in total. The molecule has 1 N–H and O–H groups in total. The summed E-state index contributed by atoms with van der Waals surface area (Å²) in [7, 11) is 0. The van der Waals surface area contributed by atoms with Gasteiger partial charge in [-0.3, -0.25) is 4.79 Å². The van der Waals surface area contributed by atoms with Crippen molar-refractivity contribution in [1.82, 2.24) is 4.90 Å². The van der Waals surface area contributed by atoms with Crippen LogP contribution in [0.5, 0.6) is 0 Å². The van der Waals surface area contributed by atoms with Crippen molar-refractivity contribution in [2.24, 2.45) is 11.3 Å². The van der Waals surface area contributed by atoms with Crippen molar-refractivity contribution in [3.63, 3.8) is 0 Å². The highest BCUT2D eigenvalue weighted by Gasteiger charge is 2.37. The zero-order valence-electron chi connectivity index (χ0n) is 13.8. The minimum atomic E-state index is -0.156. The third-order valence-electron chi connectivity index (χ3n) is 4.28. The fourth-order valence-electron chi connectivity index (χ4n) is 3.48. The molecular formula is C17H27NO3S. The van der Waals surface area contributed by atoms with Crippen LogP contribution in [-0.4, -0.2) is 41.9 Å². The van der Waals surface area contributed by atoms with E-state index in [-0.39, 0.29) is 17.9 Å². The molecule has 22 heavy (non-hydrogen) atoms. The summed E-state index contributed by atoms with van der Waals surface area (Å²) in [6.45, 7) is 5.85. The van der Waals surface area contributed by atoms with E-state index in [0.717, 1.165) is 37.3 Å². The van der Waals surface area contributed by atoms with Gasteiger partial charge in [0.25, 0.3) is 5.91 Å². The molecule has 124 valence electrons. The van der Waals surface area contributed by atoms with Gasteiger partial charge in [-0.05, 0) is 43.6 Å². The van der Waals surface area contributed by atoms with Crippen molar-refractivity contribution in [1.29, 1.82) is 0 Å². The van der Waals surface area contributed by atoms with Crippen molar-refractivity contribution in [3.8, 4) is 0 Å². The third-order valence-corrected chi connectivity index (χ3v) is 4.86. The van der Waals surface area contributed by atoms with Crippen LogP contribution in [0.2, 0.25) is 0 Å². The van der Waals surface area contributed by atoms with E-state index in [1.54, 1.807) is 17.8 Å². The fourth-order valence-corrected chi connectivity index (χ4v) is 3.92. The van der Waals surface area contributed by atoms with E-state index in [9.17, 15) is 9.90 Å². The first-order valence-electron chi connectivity index (χ1n) is 7.97. The van der Waals surface area contributed by atoms with E-state index in [1.165, 1.54) is 0 Å².